The zero-order valence-electron chi connectivity index (χ0n) is 10.0. The summed E-state index contributed by atoms with van der Waals surface area (Å²) in [6.45, 7) is 0. The number of hydrogen-bond acceptors (Lipinski definition) is 3. The molecule has 3 aromatic rings. The first-order valence-corrected chi connectivity index (χ1v) is 6.66. The number of halogens is 1. The highest BCUT2D eigenvalue weighted by Gasteiger charge is 2.11. The summed E-state index contributed by atoms with van der Waals surface area (Å²) in [5, 5.41) is 9.11. The van der Waals surface area contributed by atoms with Crippen molar-refractivity contribution in [3.8, 4) is 6.07 Å². The van der Waals surface area contributed by atoms with E-state index in [1.807, 2.05) is 34.9 Å². The molecule has 19 heavy (non-hydrogen) atoms. The summed E-state index contributed by atoms with van der Waals surface area (Å²) >= 11 is 3.44. The Balaban J connectivity index is 1.98. The number of aryl methyl sites for hydroxylation is 2. The maximum atomic E-state index is 9.11. The van der Waals surface area contributed by atoms with E-state index in [1.54, 1.807) is 6.26 Å². The monoisotopic (exact) mass is 315 g/mol. The topological polar surface area (TPSA) is 54.2 Å². The van der Waals surface area contributed by atoms with Crippen molar-refractivity contribution in [2.75, 3.05) is 0 Å². The van der Waals surface area contributed by atoms with E-state index in [0.29, 0.717) is 5.69 Å². The summed E-state index contributed by atoms with van der Waals surface area (Å²) in [5.74, 6) is 1.79. The molecule has 0 aliphatic rings. The Bertz CT molecular complexity index is 753. The van der Waals surface area contributed by atoms with Gasteiger partial charge in [0.1, 0.15) is 17.7 Å². The van der Waals surface area contributed by atoms with E-state index in [2.05, 4.69) is 27.0 Å². The standard InChI is InChI=1S/C14H10BrN3O/c15-10-3-5-13-12(8-16)17-14(18(13)9-10)6-4-11-2-1-7-19-11/h1-3,5,7,9H,4,6H2. The highest BCUT2D eigenvalue weighted by atomic mass is 79.9. The Hall–Kier alpha value is -2.06. The molecule has 0 spiro atoms. The molecule has 0 aliphatic heterocycles. The number of hydrogen-bond donors (Lipinski definition) is 0. The third-order valence-corrected chi connectivity index (χ3v) is 3.42. The van der Waals surface area contributed by atoms with Crippen LogP contribution in [0.15, 0.2) is 45.6 Å². The number of furan rings is 1. The Kier molecular flexibility index (Phi) is 3.10. The van der Waals surface area contributed by atoms with Crippen molar-refractivity contribution in [3.63, 3.8) is 0 Å². The Morgan fingerprint density at radius 2 is 2.21 bits per heavy atom. The molecule has 0 aliphatic carbocycles. The Labute approximate surface area is 118 Å². The molecule has 4 nitrogen and oxygen atoms in total. The van der Waals surface area contributed by atoms with Crippen LogP contribution in [0.1, 0.15) is 17.3 Å². The quantitative estimate of drug-likeness (QED) is 0.744. The number of nitriles is 1. The molecule has 0 aromatic carbocycles. The Morgan fingerprint density at radius 1 is 1.32 bits per heavy atom. The van der Waals surface area contributed by atoms with Crippen LogP contribution in [0.5, 0.6) is 0 Å². The lowest BCUT2D eigenvalue weighted by Gasteiger charge is -2.00. The minimum absolute atomic E-state index is 0.460. The normalized spacial score (nSPS) is 10.7. The zero-order valence-corrected chi connectivity index (χ0v) is 11.6. The van der Waals surface area contributed by atoms with E-state index in [0.717, 1.165) is 34.4 Å². The van der Waals surface area contributed by atoms with E-state index in [1.165, 1.54) is 0 Å². The van der Waals surface area contributed by atoms with Crippen molar-refractivity contribution < 1.29 is 4.42 Å². The molecule has 0 bridgehead atoms. The van der Waals surface area contributed by atoms with Gasteiger partial charge in [0.05, 0.1) is 11.8 Å². The molecular formula is C14H10BrN3O. The van der Waals surface area contributed by atoms with Gasteiger partial charge in [-0.15, -0.1) is 0 Å². The van der Waals surface area contributed by atoms with Gasteiger partial charge < -0.3 is 8.82 Å². The van der Waals surface area contributed by atoms with E-state index in [4.69, 9.17) is 9.68 Å². The largest absolute Gasteiger partial charge is 0.469 e. The molecule has 5 heteroatoms. The number of pyridine rings is 1. The van der Waals surface area contributed by atoms with Gasteiger partial charge in [0, 0.05) is 23.5 Å². The van der Waals surface area contributed by atoms with E-state index in [9.17, 15) is 0 Å². The van der Waals surface area contributed by atoms with Gasteiger partial charge in [0.2, 0.25) is 0 Å². The van der Waals surface area contributed by atoms with Crippen LogP contribution in [0.25, 0.3) is 5.52 Å². The van der Waals surface area contributed by atoms with Gasteiger partial charge >= 0.3 is 0 Å². The zero-order chi connectivity index (χ0) is 13.2. The lowest BCUT2D eigenvalue weighted by Crippen LogP contribution is -1.97. The van der Waals surface area contributed by atoms with Crippen LogP contribution in [-0.4, -0.2) is 9.38 Å². The van der Waals surface area contributed by atoms with Gasteiger partial charge in [-0.05, 0) is 40.2 Å². The fourth-order valence-electron chi connectivity index (χ4n) is 2.07. The fourth-order valence-corrected chi connectivity index (χ4v) is 2.41. The number of fused-ring (bicyclic) bond motifs is 1. The minimum Gasteiger partial charge on any atom is -0.469 e. The van der Waals surface area contributed by atoms with Gasteiger partial charge in [-0.25, -0.2) is 4.98 Å². The van der Waals surface area contributed by atoms with Crippen LogP contribution >= 0.6 is 15.9 Å². The lowest BCUT2D eigenvalue weighted by atomic mass is 10.2. The summed E-state index contributed by atoms with van der Waals surface area (Å²) in [5.41, 5.74) is 1.29. The summed E-state index contributed by atoms with van der Waals surface area (Å²) in [6.07, 6.45) is 5.09. The van der Waals surface area contributed by atoms with Crippen molar-refractivity contribution in [2.24, 2.45) is 0 Å². The van der Waals surface area contributed by atoms with Crippen LogP contribution in [0, 0.1) is 11.3 Å². The summed E-state index contributed by atoms with van der Waals surface area (Å²) in [4.78, 5) is 4.39. The second kappa shape index (κ2) is 4.90. The molecule has 3 rings (SSSR count). The molecular weight excluding hydrogens is 306 g/mol. The van der Waals surface area contributed by atoms with Crippen LogP contribution in [-0.2, 0) is 12.8 Å². The molecule has 0 saturated carbocycles. The molecule has 0 fully saturated rings. The smallest absolute Gasteiger partial charge is 0.166 e. The molecule has 3 heterocycles. The van der Waals surface area contributed by atoms with Crippen LogP contribution in [0.3, 0.4) is 0 Å². The average molecular weight is 316 g/mol. The maximum absolute atomic E-state index is 9.11. The van der Waals surface area contributed by atoms with Gasteiger partial charge in [-0.3, -0.25) is 0 Å². The first-order valence-electron chi connectivity index (χ1n) is 5.87. The highest BCUT2D eigenvalue weighted by molar-refractivity contribution is 9.10. The lowest BCUT2D eigenvalue weighted by molar-refractivity contribution is 0.506. The van der Waals surface area contributed by atoms with E-state index in [-0.39, 0.29) is 0 Å². The summed E-state index contributed by atoms with van der Waals surface area (Å²) < 4.78 is 8.22. The van der Waals surface area contributed by atoms with Crippen molar-refractivity contribution in [3.05, 3.63) is 58.5 Å². The van der Waals surface area contributed by atoms with E-state index < -0.39 is 0 Å². The molecule has 0 unspecified atom stereocenters. The fraction of sp³-hybridized carbons (Fsp3) is 0.143. The third-order valence-electron chi connectivity index (χ3n) is 2.95. The maximum Gasteiger partial charge on any atom is 0.166 e. The van der Waals surface area contributed by atoms with Crippen LogP contribution < -0.4 is 0 Å². The van der Waals surface area contributed by atoms with Crippen molar-refractivity contribution in [1.82, 2.24) is 9.38 Å². The molecule has 0 saturated heterocycles. The van der Waals surface area contributed by atoms with Gasteiger partial charge in [-0.2, -0.15) is 5.26 Å². The second-order valence-electron chi connectivity index (χ2n) is 4.17. The molecule has 3 aromatic heterocycles. The van der Waals surface area contributed by atoms with E-state index >= 15 is 0 Å². The molecule has 0 radical (unpaired) electrons. The second-order valence-corrected chi connectivity index (χ2v) is 5.09. The summed E-state index contributed by atoms with van der Waals surface area (Å²) in [7, 11) is 0. The van der Waals surface area contributed by atoms with Crippen molar-refractivity contribution in [2.45, 2.75) is 12.8 Å². The first kappa shape index (κ1) is 12.0. The third kappa shape index (κ3) is 2.27. The minimum atomic E-state index is 0.460. The summed E-state index contributed by atoms with van der Waals surface area (Å²) in [6, 6.07) is 9.75. The predicted octanol–water partition coefficient (Wildman–Crippen LogP) is 3.35. The SMILES string of the molecule is N#Cc1nc(CCc2ccco2)n2cc(Br)ccc12. The number of nitrogens with zero attached hydrogens (tertiary/aromatic N) is 3. The first-order chi connectivity index (χ1) is 9.28. The van der Waals surface area contributed by atoms with Gasteiger partial charge in [-0.1, -0.05) is 0 Å². The molecule has 0 amide bonds. The Morgan fingerprint density at radius 3 is 2.95 bits per heavy atom. The predicted molar refractivity (Wildman–Crippen MR) is 73.7 cm³/mol. The molecule has 0 N–H and O–H groups in total. The van der Waals surface area contributed by atoms with Crippen LogP contribution in [0.2, 0.25) is 0 Å². The van der Waals surface area contributed by atoms with Gasteiger partial charge in [0.25, 0.3) is 0 Å². The number of aromatic nitrogens is 2. The average Bonchev–Trinajstić information content (AvgIpc) is 3.03. The van der Waals surface area contributed by atoms with Crippen LogP contribution in [0.4, 0.5) is 0 Å². The highest BCUT2D eigenvalue weighted by Crippen LogP contribution is 2.18. The van der Waals surface area contributed by atoms with Gasteiger partial charge in [0.15, 0.2) is 5.69 Å². The number of imidazole rings is 1. The number of rotatable bonds is 3. The van der Waals surface area contributed by atoms with Crippen molar-refractivity contribution >= 4 is 21.4 Å². The molecule has 94 valence electrons. The molecule has 0 atom stereocenters. The van der Waals surface area contributed by atoms with Crippen molar-refractivity contribution in [1.29, 1.82) is 5.26 Å².